The zero-order valence-electron chi connectivity index (χ0n) is 14.1. The second-order valence-electron chi connectivity index (χ2n) is 5.55. The molecule has 0 saturated carbocycles. The topological polar surface area (TPSA) is 65.0 Å². The first-order chi connectivity index (χ1) is 12.3. The number of hydrogen-bond acceptors (Lipinski definition) is 5. The maximum absolute atomic E-state index is 12.4. The summed E-state index contributed by atoms with van der Waals surface area (Å²) in [5.41, 5.74) is 3.08. The van der Waals surface area contributed by atoms with Gasteiger partial charge >= 0.3 is 5.97 Å². The molecule has 0 unspecified atom stereocenters. The third-order valence-corrected chi connectivity index (χ3v) is 3.65. The minimum Gasteiger partial charge on any atom is -0.462 e. The third-order valence-electron chi connectivity index (χ3n) is 3.65. The Labute approximate surface area is 146 Å². The van der Waals surface area contributed by atoms with Gasteiger partial charge in [-0.1, -0.05) is 25.5 Å². The molecule has 0 N–H and O–H groups in total. The fourth-order valence-corrected chi connectivity index (χ4v) is 2.33. The molecule has 25 heavy (non-hydrogen) atoms. The van der Waals surface area contributed by atoms with Gasteiger partial charge in [0, 0.05) is 12.4 Å². The molecule has 0 bridgehead atoms. The van der Waals surface area contributed by atoms with Crippen LogP contribution >= 0.6 is 0 Å². The van der Waals surface area contributed by atoms with Crippen LogP contribution in [0.3, 0.4) is 0 Å². The van der Waals surface area contributed by atoms with E-state index in [-0.39, 0.29) is 5.97 Å². The smallest absolute Gasteiger partial charge is 0.338 e. The average molecular weight is 333 g/mol. The summed E-state index contributed by atoms with van der Waals surface area (Å²) in [6.45, 7) is 2.47. The van der Waals surface area contributed by atoms with E-state index in [0.717, 1.165) is 12.8 Å². The van der Waals surface area contributed by atoms with Gasteiger partial charge in [-0.2, -0.15) is 0 Å². The van der Waals surface area contributed by atoms with E-state index < -0.39 is 0 Å². The number of rotatable bonds is 6. The lowest BCUT2D eigenvalue weighted by Crippen LogP contribution is -2.08. The van der Waals surface area contributed by atoms with Crippen molar-refractivity contribution in [1.82, 2.24) is 15.0 Å². The van der Waals surface area contributed by atoms with E-state index in [0.29, 0.717) is 34.9 Å². The Morgan fingerprint density at radius 3 is 2.00 bits per heavy atom. The van der Waals surface area contributed by atoms with Crippen molar-refractivity contribution < 1.29 is 9.53 Å². The molecular formula is C20H19N3O2. The van der Waals surface area contributed by atoms with Crippen molar-refractivity contribution in [1.29, 1.82) is 0 Å². The minimum atomic E-state index is -0.356. The van der Waals surface area contributed by atoms with E-state index in [4.69, 9.17) is 4.74 Å². The van der Waals surface area contributed by atoms with E-state index in [9.17, 15) is 4.79 Å². The molecule has 0 atom stereocenters. The maximum atomic E-state index is 12.4. The van der Waals surface area contributed by atoms with Crippen LogP contribution < -0.4 is 0 Å². The third kappa shape index (κ3) is 4.26. The van der Waals surface area contributed by atoms with Gasteiger partial charge in [-0.05, 0) is 42.8 Å². The molecule has 0 aliphatic heterocycles. The summed E-state index contributed by atoms with van der Waals surface area (Å²) in [7, 11) is 0. The largest absolute Gasteiger partial charge is 0.462 e. The van der Waals surface area contributed by atoms with Crippen LogP contribution in [0.2, 0.25) is 0 Å². The average Bonchev–Trinajstić information content (AvgIpc) is 2.69. The highest BCUT2D eigenvalue weighted by Crippen LogP contribution is 2.23. The lowest BCUT2D eigenvalue weighted by Gasteiger charge is -2.09. The SMILES string of the molecule is CCCCOC(=O)c1cc(-c2ccccn2)nc(-c2ccccn2)c1. The van der Waals surface area contributed by atoms with Gasteiger partial charge in [0.15, 0.2) is 0 Å². The molecule has 5 heteroatoms. The first kappa shape index (κ1) is 16.8. The Morgan fingerprint density at radius 1 is 0.920 bits per heavy atom. The Hall–Kier alpha value is -3.08. The monoisotopic (exact) mass is 333 g/mol. The number of pyridine rings is 3. The molecule has 3 aromatic rings. The second kappa shape index (κ2) is 8.15. The van der Waals surface area contributed by atoms with E-state index in [2.05, 4.69) is 21.9 Å². The van der Waals surface area contributed by atoms with E-state index >= 15 is 0 Å². The van der Waals surface area contributed by atoms with Gasteiger partial charge in [0.05, 0.1) is 34.9 Å². The fourth-order valence-electron chi connectivity index (χ4n) is 2.33. The Balaban J connectivity index is 2.01. The van der Waals surface area contributed by atoms with Crippen molar-refractivity contribution >= 4 is 5.97 Å². The molecule has 0 amide bonds. The standard InChI is InChI=1S/C20H19N3O2/c1-2-3-12-25-20(24)15-13-18(16-8-4-6-10-21-16)23-19(14-15)17-9-5-7-11-22-17/h4-11,13-14H,2-3,12H2,1H3. The fraction of sp³-hybridized carbons (Fsp3) is 0.200. The molecule has 0 aromatic carbocycles. The number of hydrogen-bond donors (Lipinski definition) is 0. The molecule has 0 spiro atoms. The quantitative estimate of drug-likeness (QED) is 0.500. The van der Waals surface area contributed by atoms with Gasteiger partial charge in [0.2, 0.25) is 0 Å². The van der Waals surface area contributed by atoms with Crippen molar-refractivity contribution in [3.05, 3.63) is 66.5 Å². The number of aromatic nitrogens is 3. The van der Waals surface area contributed by atoms with Crippen LogP contribution in [0.4, 0.5) is 0 Å². The van der Waals surface area contributed by atoms with E-state index in [1.807, 2.05) is 36.4 Å². The predicted octanol–water partition coefficient (Wildman–Crippen LogP) is 4.16. The minimum absolute atomic E-state index is 0.356. The normalized spacial score (nSPS) is 10.4. The van der Waals surface area contributed by atoms with Crippen molar-refractivity contribution in [2.45, 2.75) is 19.8 Å². The summed E-state index contributed by atoms with van der Waals surface area (Å²) in [6, 6.07) is 14.6. The van der Waals surface area contributed by atoms with Crippen LogP contribution in [0.15, 0.2) is 60.9 Å². The number of esters is 1. The predicted molar refractivity (Wildman–Crippen MR) is 95.9 cm³/mol. The van der Waals surface area contributed by atoms with Crippen LogP contribution in [-0.4, -0.2) is 27.5 Å². The lowest BCUT2D eigenvalue weighted by molar-refractivity contribution is 0.0499. The first-order valence-electron chi connectivity index (χ1n) is 8.30. The Bertz CT molecular complexity index is 778. The van der Waals surface area contributed by atoms with Crippen molar-refractivity contribution in [3.8, 4) is 22.8 Å². The molecule has 0 fully saturated rings. The van der Waals surface area contributed by atoms with Crippen molar-refractivity contribution in [3.63, 3.8) is 0 Å². The lowest BCUT2D eigenvalue weighted by atomic mass is 10.1. The Kier molecular flexibility index (Phi) is 5.46. The highest BCUT2D eigenvalue weighted by atomic mass is 16.5. The van der Waals surface area contributed by atoms with Gasteiger partial charge in [-0.25, -0.2) is 9.78 Å². The van der Waals surface area contributed by atoms with Gasteiger partial charge in [-0.15, -0.1) is 0 Å². The zero-order chi connectivity index (χ0) is 17.5. The van der Waals surface area contributed by atoms with Crippen molar-refractivity contribution in [2.75, 3.05) is 6.61 Å². The summed E-state index contributed by atoms with van der Waals surface area (Å²) in [6.07, 6.45) is 5.21. The number of unbranched alkanes of at least 4 members (excludes halogenated alkanes) is 1. The molecule has 3 aromatic heterocycles. The molecule has 0 saturated heterocycles. The summed E-state index contributed by atoms with van der Waals surface area (Å²) < 4.78 is 5.34. The summed E-state index contributed by atoms with van der Waals surface area (Å²) in [4.78, 5) is 25.7. The van der Waals surface area contributed by atoms with E-state index in [1.54, 1.807) is 24.5 Å². The number of carbonyl (C=O) groups excluding carboxylic acids is 1. The molecule has 0 radical (unpaired) electrons. The van der Waals surface area contributed by atoms with Crippen molar-refractivity contribution in [2.24, 2.45) is 0 Å². The second-order valence-corrected chi connectivity index (χ2v) is 5.55. The van der Waals surface area contributed by atoms with Gasteiger partial charge in [0.25, 0.3) is 0 Å². The molecule has 3 rings (SSSR count). The highest BCUT2D eigenvalue weighted by Gasteiger charge is 2.14. The van der Waals surface area contributed by atoms with Crippen LogP contribution in [0.5, 0.6) is 0 Å². The summed E-state index contributed by atoms with van der Waals surface area (Å²) in [5.74, 6) is -0.356. The molecule has 0 aliphatic carbocycles. The molecular weight excluding hydrogens is 314 g/mol. The van der Waals surface area contributed by atoms with Crippen LogP contribution in [0.25, 0.3) is 22.8 Å². The van der Waals surface area contributed by atoms with Gasteiger partial charge in [-0.3, -0.25) is 9.97 Å². The van der Waals surface area contributed by atoms with E-state index in [1.165, 1.54) is 0 Å². The first-order valence-corrected chi connectivity index (χ1v) is 8.30. The molecule has 126 valence electrons. The maximum Gasteiger partial charge on any atom is 0.338 e. The van der Waals surface area contributed by atoms with Crippen LogP contribution in [0, 0.1) is 0 Å². The van der Waals surface area contributed by atoms with Gasteiger partial charge in [0.1, 0.15) is 0 Å². The number of nitrogens with zero attached hydrogens (tertiary/aromatic N) is 3. The Morgan fingerprint density at radius 2 is 1.52 bits per heavy atom. The zero-order valence-corrected chi connectivity index (χ0v) is 14.1. The van der Waals surface area contributed by atoms with Crippen LogP contribution in [-0.2, 0) is 4.74 Å². The number of ether oxygens (including phenoxy) is 1. The molecule has 0 aliphatic rings. The van der Waals surface area contributed by atoms with Crippen LogP contribution in [0.1, 0.15) is 30.1 Å². The summed E-state index contributed by atoms with van der Waals surface area (Å²) in [5, 5.41) is 0. The highest BCUT2D eigenvalue weighted by molar-refractivity contribution is 5.91. The summed E-state index contributed by atoms with van der Waals surface area (Å²) >= 11 is 0. The molecule has 5 nitrogen and oxygen atoms in total. The number of carbonyl (C=O) groups is 1. The molecule has 3 heterocycles. The van der Waals surface area contributed by atoms with Gasteiger partial charge < -0.3 is 4.74 Å².